The van der Waals surface area contributed by atoms with Crippen LogP contribution in [-0.4, -0.2) is 57.3 Å². The van der Waals surface area contributed by atoms with E-state index in [2.05, 4.69) is 20.2 Å². The normalized spacial score (nSPS) is 14.3. The number of hydrogen-bond acceptors (Lipinski definition) is 7. The van der Waals surface area contributed by atoms with E-state index >= 15 is 4.39 Å². The first-order valence-electron chi connectivity index (χ1n) is 12.8. The monoisotopic (exact) mass is 565 g/mol. The van der Waals surface area contributed by atoms with Gasteiger partial charge in [0.15, 0.2) is 11.5 Å². The summed E-state index contributed by atoms with van der Waals surface area (Å²) in [5.41, 5.74) is 1.13. The molecule has 4 aromatic rings. The van der Waals surface area contributed by atoms with E-state index in [9.17, 15) is 9.59 Å². The smallest absolute Gasteiger partial charge is 0.256 e. The summed E-state index contributed by atoms with van der Waals surface area (Å²) in [6.07, 6.45) is 9.28. The number of aromatic nitrogens is 3. The first kappa shape index (κ1) is 25.8. The third-order valence-corrected chi connectivity index (χ3v) is 8.24. The van der Waals surface area contributed by atoms with Crippen molar-refractivity contribution in [2.75, 3.05) is 31.9 Å². The summed E-state index contributed by atoms with van der Waals surface area (Å²) in [5.74, 6) is 0.117. The molecule has 1 amide bonds. The zero-order valence-electron chi connectivity index (χ0n) is 21.0. The highest BCUT2D eigenvalue weighted by atomic mass is 35.5. The number of hydrogen-bond donors (Lipinski definition) is 1. The molecule has 0 spiro atoms. The van der Waals surface area contributed by atoms with Crippen LogP contribution in [0.5, 0.6) is 11.5 Å². The molecule has 11 heteroatoms. The van der Waals surface area contributed by atoms with Gasteiger partial charge in [0.1, 0.15) is 16.9 Å². The van der Waals surface area contributed by atoms with E-state index in [4.69, 9.17) is 16.3 Å². The van der Waals surface area contributed by atoms with Crippen LogP contribution in [0, 0.1) is 5.82 Å². The average molecular weight is 566 g/mol. The van der Waals surface area contributed by atoms with Gasteiger partial charge in [-0.1, -0.05) is 11.6 Å². The van der Waals surface area contributed by atoms with Crippen LogP contribution in [0.3, 0.4) is 0 Å². The molecule has 0 radical (unpaired) electrons. The quantitative estimate of drug-likeness (QED) is 0.269. The SMILES string of the molecule is O=C(NCCN1CCCC1)c1cn2c3c(c(SCCc4cnccn4)c(F)cc3c1=O)Oc1ccc(Cl)cc1-2. The molecule has 8 nitrogen and oxygen atoms in total. The Balaban J connectivity index is 1.39. The van der Waals surface area contributed by atoms with Crippen molar-refractivity contribution >= 4 is 40.2 Å². The standard InChI is InChI=1S/C28H25ClFN5O3S/c29-17-3-4-23-22(13-17)35-16-20(28(37)33-8-11-34-9-1-2-10-34)25(36)19-14-21(30)27(26(38-23)24(19)35)39-12-5-18-15-31-6-7-32-18/h3-4,6-7,13-16H,1-2,5,8-12H2,(H,33,37). The van der Waals surface area contributed by atoms with Crippen molar-refractivity contribution in [3.63, 3.8) is 0 Å². The number of carbonyl (C=O) groups excluding carboxylic acids is 1. The van der Waals surface area contributed by atoms with E-state index in [-0.39, 0.29) is 21.6 Å². The number of pyridine rings is 1. The summed E-state index contributed by atoms with van der Waals surface area (Å²) < 4.78 is 23.5. The van der Waals surface area contributed by atoms with Crippen LogP contribution in [0.25, 0.3) is 16.6 Å². The summed E-state index contributed by atoms with van der Waals surface area (Å²) in [7, 11) is 0. The van der Waals surface area contributed by atoms with Gasteiger partial charge in [0.05, 0.1) is 21.7 Å². The Kier molecular flexibility index (Phi) is 7.24. The number of halogens is 2. The van der Waals surface area contributed by atoms with Crippen molar-refractivity contribution in [1.82, 2.24) is 24.8 Å². The molecular weight excluding hydrogens is 541 g/mol. The van der Waals surface area contributed by atoms with Crippen molar-refractivity contribution in [2.24, 2.45) is 0 Å². The van der Waals surface area contributed by atoms with Crippen LogP contribution >= 0.6 is 23.4 Å². The average Bonchev–Trinajstić information content (AvgIpc) is 3.46. The molecule has 2 aliphatic rings. The molecule has 2 aromatic carbocycles. The zero-order chi connectivity index (χ0) is 26.9. The molecule has 1 N–H and O–H groups in total. The van der Waals surface area contributed by atoms with Gasteiger partial charge in [0.2, 0.25) is 5.43 Å². The first-order chi connectivity index (χ1) is 19.0. The topological polar surface area (TPSA) is 89.4 Å². The van der Waals surface area contributed by atoms with Crippen LogP contribution in [0.1, 0.15) is 28.9 Å². The number of likely N-dealkylation sites (tertiary alicyclic amines) is 1. The predicted molar refractivity (Wildman–Crippen MR) is 149 cm³/mol. The molecule has 0 saturated carbocycles. The molecule has 2 aliphatic heterocycles. The van der Waals surface area contributed by atoms with E-state index < -0.39 is 17.2 Å². The van der Waals surface area contributed by atoms with Crippen LogP contribution in [0.2, 0.25) is 5.02 Å². The van der Waals surface area contributed by atoms with Crippen LogP contribution in [0.15, 0.2) is 58.7 Å². The molecule has 6 rings (SSSR count). The van der Waals surface area contributed by atoms with Gasteiger partial charge < -0.3 is 19.5 Å². The molecule has 0 atom stereocenters. The van der Waals surface area contributed by atoms with Gasteiger partial charge in [0.25, 0.3) is 5.91 Å². The molecule has 1 fully saturated rings. The second-order valence-corrected chi connectivity index (χ2v) is 11.0. The highest BCUT2D eigenvalue weighted by molar-refractivity contribution is 7.99. The lowest BCUT2D eigenvalue weighted by Crippen LogP contribution is -2.36. The Labute approximate surface area is 233 Å². The lowest BCUT2D eigenvalue weighted by molar-refractivity contribution is 0.0948. The van der Waals surface area contributed by atoms with E-state index in [1.807, 2.05) is 0 Å². The van der Waals surface area contributed by atoms with Crippen LogP contribution in [0.4, 0.5) is 4.39 Å². The fourth-order valence-corrected chi connectivity index (χ4v) is 6.16. The number of carbonyl (C=O) groups is 1. The predicted octanol–water partition coefficient (Wildman–Crippen LogP) is 4.84. The van der Waals surface area contributed by atoms with Crippen molar-refractivity contribution in [3.05, 3.63) is 81.4 Å². The lowest BCUT2D eigenvalue weighted by atomic mass is 10.1. The van der Waals surface area contributed by atoms with E-state index in [1.165, 1.54) is 24.0 Å². The number of nitrogens with one attached hydrogen (secondary N) is 1. The van der Waals surface area contributed by atoms with E-state index in [0.717, 1.165) is 31.6 Å². The Hall–Kier alpha value is -3.47. The van der Waals surface area contributed by atoms with Crippen molar-refractivity contribution < 1.29 is 13.9 Å². The number of ether oxygens (including phenoxy) is 1. The molecule has 2 aromatic heterocycles. The Morgan fingerprint density at radius 2 is 2.05 bits per heavy atom. The van der Waals surface area contributed by atoms with Crippen LogP contribution < -0.4 is 15.5 Å². The molecule has 4 heterocycles. The highest BCUT2D eigenvalue weighted by Crippen LogP contribution is 2.46. The molecule has 1 saturated heterocycles. The molecule has 0 aliphatic carbocycles. The second kappa shape index (κ2) is 11.0. The number of amides is 1. The number of benzene rings is 2. The second-order valence-electron chi connectivity index (χ2n) is 9.47. The van der Waals surface area contributed by atoms with Gasteiger partial charge in [-0.3, -0.25) is 19.6 Å². The molecular formula is C28H25ClFN5O3S. The van der Waals surface area contributed by atoms with Crippen LogP contribution in [-0.2, 0) is 6.42 Å². The maximum Gasteiger partial charge on any atom is 0.256 e. The van der Waals surface area contributed by atoms with E-state index in [0.29, 0.717) is 47.2 Å². The van der Waals surface area contributed by atoms with Crippen molar-refractivity contribution in [2.45, 2.75) is 24.2 Å². The Bertz CT molecular complexity index is 1630. The minimum Gasteiger partial charge on any atom is -0.452 e. The minimum atomic E-state index is -0.589. The van der Waals surface area contributed by atoms with Gasteiger partial charge in [-0.25, -0.2) is 4.39 Å². The van der Waals surface area contributed by atoms with Gasteiger partial charge >= 0.3 is 0 Å². The maximum absolute atomic E-state index is 15.6. The van der Waals surface area contributed by atoms with E-state index in [1.54, 1.807) is 41.4 Å². The number of aryl methyl sites for hydroxylation is 1. The number of thioether (sulfide) groups is 1. The summed E-state index contributed by atoms with van der Waals surface area (Å²) in [5, 5.41) is 3.39. The number of fused-ring (bicyclic) bond motifs is 2. The number of rotatable bonds is 8. The van der Waals surface area contributed by atoms with Crippen molar-refractivity contribution in [1.29, 1.82) is 0 Å². The van der Waals surface area contributed by atoms with Gasteiger partial charge in [-0.2, -0.15) is 0 Å². The van der Waals surface area contributed by atoms with Gasteiger partial charge in [-0.15, -0.1) is 11.8 Å². The lowest BCUT2D eigenvalue weighted by Gasteiger charge is -2.26. The number of nitrogens with zero attached hydrogens (tertiary/aromatic N) is 4. The minimum absolute atomic E-state index is 0.0647. The molecule has 0 bridgehead atoms. The fraction of sp³-hybridized carbons (Fsp3) is 0.286. The van der Waals surface area contributed by atoms with Crippen molar-refractivity contribution in [3.8, 4) is 17.2 Å². The Morgan fingerprint density at radius 1 is 1.21 bits per heavy atom. The summed E-state index contributed by atoms with van der Waals surface area (Å²) in [4.78, 5) is 37.6. The third kappa shape index (κ3) is 5.11. The molecule has 39 heavy (non-hydrogen) atoms. The molecule has 200 valence electrons. The summed E-state index contributed by atoms with van der Waals surface area (Å²) >= 11 is 7.57. The molecule has 0 unspecified atom stereocenters. The third-order valence-electron chi connectivity index (χ3n) is 6.92. The van der Waals surface area contributed by atoms with Gasteiger partial charge in [-0.05, 0) is 50.2 Å². The maximum atomic E-state index is 15.6. The summed E-state index contributed by atoms with van der Waals surface area (Å²) in [6, 6.07) is 6.27. The fourth-order valence-electron chi connectivity index (χ4n) is 5.01. The highest BCUT2D eigenvalue weighted by Gasteiger charge is 2.29. The largest absolute Gasteiger partial charge is 0.452 e. The Morgan fingerprint density at radius 3 is 2.85 bits per heavy atom. The first-order valence-corrected chi connectivity index (χ1v) is 14.1. The van der Waals surface area contributed by atoms with Gasteiger partial charge in [0, 0.05) is 55.1 Å². The zero-order valence-corrected chi connectivity index (χ0v) is 22.5. The summed E-state index contributed by atoms with van der Waals surface area (Å²) in [6.45, 7) is 3.16.